The number of methoxy groups -OCH3 is 3. The molecule has 0 aromatic heterocycles. The van der Waals surface area contributed by atoms with Crippen molar-refractivity contribution in [2.45, 2.75) is 200 Å². The van der Waals surface area contributed by atoms with Gasteiger partial charge in [-0.25, -0.2) is 4.79 Å². The number of allylic oxidation sites excluding steroid dienone is 6. The predicted octanol–water partition coefficient (Wildman–Crippen LogP) is 8.04. The highest BCUT2D eigenvalue weighted by molar-refractivity contribution is 6.69. The molecule has 2 bridgehead atoms. The Bertz CT molecular complexity index is 1870. The molecule has 2 saturated heterocycles. The summed E-state index contributed by atoms with van der Waals surface area (Å²) in [7, 11) is 2.40. The number of esters is 1. The molecule has 15 atom stereocenters. The van der Waals surface area contributed by atoms with Crippen LogP contribution in [0, 0.1) is 35.5 Å². The van der Waals surface area contributed by atoms with Crippen molar-refractivity contribution in [3.63, 3.8) is 0 Å². The van der Waals surface area contributed by atoms with Crippen molar-refractivity contribution in [2.75, 3.05) is 27.9 Å². The van der Waals surface area contributed by atoms with Crippen LogP contribution in [0.2, 0.25) is 19.6 Å². The maximum absolute atomic E-state index is 14.5. The van der Waals surface area contributed by atoms with Crippen molar-refractivity contribution in [1.82, 2.24) is 4.90 Å². The van der Waals surface area contributed by atoms with E-state index in [9.17, 15) is 34.2 Å². The molecule has 1 aliphatic carbocycles. The molecule has 2 N–H and O–H groups in total. The van der Waals surface area contributed by atoms with Crippen LogP contribution in [0.4, 0.5) is 0 Å². The number of hydrogen-bond donors (Lipinski definition) is 2. The zero-order valence-corrected chi connectivity index (χ0v) is 45.1. The summed E-state index contributed by atoms with van der Waals surface area (Å²) in [6.07, 6.45) is 12.7. The van der Waals surface area contributed by atoms with Gasteiger partial charge in [-0.1, -0.05) is 71.1 Å². The molecule has 0 aromatic rings. The second kappa shape index (κ2) is 26.5. The SMILES string of the molecule is CO[C@H]1CC2CC[C@@H](C)[C@@](O)(O2)C(=O)C(=O)N2CCCCC2C(=O)O[C@H]([C@H](C)C[C@@H]2CC[C@@H](O)[C@H](OC)C2)CC(=O)[C@H](C)C=C(C)[C@@H](O[Si](C)(C)C)[C@@H](OC)C(=O)[C@H](C)C[C@H](C)C=CC=CC=C1C. The second-order valence-corrected chi connectivity index (χ2v) is 26.3. The molecule has 3 aliphatic heterocycles. The van der Waals surface area contributed by atoms with E-state index < -0.39 is 86.3 Å². The van der Waals surface area contributed by atoms with E-state index in [2.05, 4.69) is 6.92 Å². The van der Waals surface area contributed by atoms with Gasteiger partial charge in [-0.05, 0) is 127 Å². The number of carbonyl (C=O) groups excluding carboxylic acids is 5. The van der Waals surface area contributed by atoms with Crippen molar-refractivity contribution >= 4 is 37.5 Å². The van der Waals surface area contributed by atoms with Gasteiger partial charge < -0.3 is 43.2 Å². The molecule has 3 fully saturated rings. The fraction of sp³-hybridized carbons (Fsp3) is 0.759. The normalized spacial score (nSPS) is 36.6. The molecule has 0 aromatic carbocycles. The van der Waals surface area contributed by atoms with E-state index in [1.54, 1.807) is 28.1 Å². The van der Waals surface area contributed by atoms with Gasteiger partial charge in [-0.3, -0.25) is 19.2 Å². The monoisotopic (exact) mass is 986 g/mol. The maximum Gasteiger partial charge on any atom is 0.329 e. The highest BCUT2D eigenvalue weighted by Gasteiger charge is 2.53. The number of aliphatic hydroxyl groups excluding tert-OH is 1. The molecule has 2 unspecified atom stereocenters. The minimum atomic E-state index is -2.42. The van der Waals surface area contributed by atoms with Crippen LogP contribution in [-0.2, 0) is 52.1 Å². The standard InChI is InChI=1S/C54H87NO13Si/c1-33-19-15-14-16-20-34(2)45(63-8)31-41-24-22-39(7)54(62,67-41)51(59)52(60)55-26-18-17-21-42(55)53(61)66-46(36(4)29-40-23-25-43(56)47(30-40)64-9)32-44(57)35(3)28-38(6)49(68-69(11,12)13)50(65-10)48(58)37(5)27-33/h14-16,19-20,28,33,35-37,39-43,45-47,49-50,56,62H,17-18,21-27,29-32H2,1-13H3/t33-,35-,36-,37-,39-,40+,41?,42?,43-,45+,46+,47-,49-,50+,54-/m1/s1. The largest absolute Gasteiger partial charge is 0.460 e. The predicted molar refractivity (Wildman–Crippen MR) is 267 cm³/mol. The molecule has 14 nitrogen and oxygen atoms in total. The van der Waals surface area contributed by atoms with Crippen molar-refractivity contribution in [2.24, 2.45) is 35.5 Å². The number of nitrogens with zero attached hydrogens (tertiary/aromatic N) is 1. The first kappa shape index (κ1) is 58.4. The minimum Gasteiger partial charge on any atom is -0.460 e. The third-order valence-corrected chi connectivity index (χ3v) is 15.9. The Morgan fingerprint density at radius 3 is 2.20 bits per heavy atom. The van der Waals surface area contributed by atoms with Crippen LogP contribution in [0.5, 0.6) is 0 Å². The van der Waals surface area contributed by atoms with Crippen molar-refractivity contribution in [1.29, 1.82) is 0 Å². The van der Waals surface area contributed by atoms with Crippen molar-refractivity contribution in [3.05, 3.63) is 47.6 Å². The molecule has 0 radical (unpaired) electrons. The molecule has 390 valence electrons. The number of aliphatic hydroxyl groups is 2. The highest BCUT2D eigenvalue weighted by Crippen LogP contribution is 2.38. The Morgan fingerprint density at radius 2 is 1.55 bits per heavy atom. The summed E-state index contributed by atoms with van der Waals surface area (Å²) in [5, 5.41) is 22.5. The van der Waals surface area contributed by atoms with Crippen LogP contribution < -0.4 is 0 Å². The molecule has 4 aliphatic rings. The lowest BCUT2D eigenvalue weighted by molar-refractivity contribution is -0.265. The highest BCUT2D eigenvalue weighted by atomic mass is 28.4. The number of amides is 1. The Balaban J connectivity index is 1.76. The van der Waals surface area contributed by atoms with Gasteiger partial charge in [0.1, 0.15) is 24.0 Å². The summed E-state index contributed by atoms with van der Waals surface area (Å²) in [6.45, 7) is 19.4. The van der Waals surface area contributed by atoms with Gasteiger partial charge in [-0.2, -0.15) is 0 Å². The molecule has 1 amide bonds. The molecule has 0 spiro atoms. The van der Waals surface area contributed by atoms with E-state index in [-0.39, 0.29) is 60.7 Å². The van der Waals surface area contributed by atoms with Gasteiger partial charge in [0.05, 0.1) is 30.5 Å². The van der Waals surface area contributed by atoms with E-state index in [0.717, 1.165) is 12.0 Å². The maximum atomic E-state index is 14.5. The van der Waals surface area contributed by atoms with Gasteiger partial charge in [0.25, 0.3) is 11.7 Å². The second-order valence-electron chi connectivity index (χ2n) is 21.8. The number of hydrogen-bond acceptors (Lipinski definition) is 13. The number of ketones is 3. The zero-order chi connectivity index (χ0) is 51.4. The first-order chi connectivity index (χ1) is 32.4. The number of ether oxygens (including phenoxy) is 5. The summed E-state index contributed by atoms with van der Waals surface area (Å²) >= 11 is 0. The Kier molecular flexibility index (Phi) is 22.4. The summed E-state index contributed by atoms with van der Waals surface area (Å²) in [5.41, 5.74) is 1.58. The van der Waals surface area contributed by atoms with Gasteiger partial charge in [-0.15, -0.1) is 0 Å². The van der Waals surface area contributed by atoms with Crippen LogP contribution in [0.3, 0.4) is 0 Å². The fourth-order valence-electron chi connectivity index (χ4n) is 10.6. The first-order valence-electron chi connectivity index (χ1n) is 25.6. The summed E-state index contributed by atoms with van der Waals surface area (Å²) < 4.78 is 36.7. The number of Topliss-reactive ketones (excluding diaryl/α,β-unsaturated/α-hetero) is 3. The third-order valence-electron chi connectivity index (χ3n) is 14.9. The van der Waals surface area contributed by atoms with Crippen LogP contribution in [-0.4, -0.2) is 135 Å². The van der Waals surface area contributed by atoms with Crippen LogP contribution in [0.25, 0.3) is 0 Å². The number of carbonyl (C=O) groups is 5. The molecule has 69 heavy (non-hydrogen) atoms. The average molecular weight is 986 g/mol. The van der Waals surface area contributed by atoms with Gasteiger partial charge in [0.15, 0.2) is 14.1 Å². The molecule has 1 saturated carbocycles. The first-order valence-corrected chi connectivity index (χ1v) is 29.0. The lowest BCUT2D eigenvalue weighted by Crippen LogP contribution is -2.61. The van der Waals surface area contributed by atoms with Gasteiger partial charge in [0, 0.05) is 58.5 Å². The van der Waals surface area contributed by atoms with E-state index in [4.69, 9.17) is 28.1 Å². The topological polar surface area (TPSA) is 184 Å². The van der Waals surface area contributed by atoms with Crippen molar-refractivity contribution < 1.29 is 62.3 Å². The molecular formula is C54H87NO13Si. The summed E-state index contributed by atoms with van der Waals surface area (Å²) in [5.74, 6) is -7.43. The lowest BCUT2D eigenvalue weighted by atomic mass is 9.78. The lowest BCUT2D eigenvalue weighted by Gasteiger charge is -2.42. The minimum absolute atomic E-state index is 0.0556. The Labute approximate surface area is 414 Å². The molecule has 3 heterocycles. The number of cyclic esters (lactones) is 1. The Morgan fingerprint density at radius 1 is 0.841 bits per heavy atom. The summed E-state index contributed by atoms with van der Waals surface area (Å²) in [6, 6.07) is -1.13. The molecule has 15 heteroatoms. The Hall–Kier alpha value is -3.15. The molecular weight excluding hydrogens is 899 g/mol. The van der Waals surface area contributed by atoms with Crippen LogP contribution in [0.15, 0.2) is 47.6 Å². The number of piperidine rings is 1. The van der Waals surface area contributed by atoms with Crippen molar-refractivity contribution in [3.8, 4) is 0 Å². The van der Waals surface area contributed by atoms with E-state index in [0.29, 0.717) is 63.4 Å². The zero-order valence-electron chi connectivity index (χ0n) is 44.1. The van der Waals surface area contributed by atoms with Crippen LogP contribution >= 0.6 is 0 Å². The average Bonchev–Trinajstić information content (AvgIpc) is 3.30. The number of fused-ring (bicyclic) bond motifs is 3. The third kappa shape index (κ3) is 16.2. The quantitative estimate of drug-likeness (QED) is 0.103. The number of rotatable bonds is 8. The van der Waals surface area contributed by atoms with E-state index in [1.165, 1.54) is 12.0 Å². The van der Waals surface area contributed by atoms with E-state index >= 15 is 0 Å². The smallest absolute Gasteiger partial charge is 0.329 e. The molecule has 4 rings (SSSR count). The van der Waals surface area contributed by atoms with E-state index in [1.807, 2.05) is 83.8 Å². The van der Waals surface area contributed by atoms with Gasteiger partial charge in [0.2, 0.25) is 5.79 Å². The fourth-order valence-corrected chi connectivity index (χ4v) is 11.7. The van der Waals surface area contributed by atoms with Crippen LogP contribution in [0.1, 0.15) is 126 Å². The summed E-state index contributed by atoms with van der Waals surface area (Å²) in [4.78, 5) is 73.1. The van der Waals surface area contributed by atoms with Gasteiger partial charge >= 0.3 is 5.97 Å².